The third kappa shape index (κ3) is 2.76. The molecular weight excluding hydrogens is 264 g/mol. The molecule has 0 aliphatic heterocycles. The minimum absolute atomic E-state index is 0.450. The van der Waals surface area contributed by atoms with Crippen LogP contribution in [0.1, 0.15) is 5.89 Å². The van der Waals surface area contributed by atoms with Crippen LogP contribution in [0.5, 0.6) is 0 Å². The number of pyridine rings is 1. The van der Waals surface area contributed by atoms with Gasteiger partial charge in [-0.15, -0.1) is 0 Å². The summed E-state index contributed by atoms with van der Waals surface area (Å²) in [7, 11) is 0. The summed E-state index contributed by atoms with van der Waals surface area (Å²) in [6.07, 6.45) is 3.18. The van der Waals surface area contributed by atoms with Gasteiger partial charge in [0, 0.05) is 0 Å². The van der Waals surface area contributed by atoms with E-state index in [0.717, 1.165) is 5.03 Å². The second-order valence-corrected chi connectivity index (χ2v) is 4.70. The van der Waals surface area contributed by atoms with Crippen LogP contribution in [0.25, 0.3) is 11.6 Å². The lowest BCUT2D eigenvalue weighted by molar-refractivity contribution is 0.390. The Morgan fingerprint density at radius 3 is 2.95 bits per heavy atom. The number of aromatic nitrogens is 3. The van der Waals surface area contributed by atoms with Crippen LogP contribution in [-0.4, -0.2) is 15.1 Å². The molecule has 0 fully saturated rings. The van der Waals surface area contributed by atoms with Crippen LogP contribution < -0.4 is 5.73 Å². The average molecular weight is 274 g/mol. The molecule has 0 radical (unpaired) electrons. The smallest absolute Gasteiger partial charge is 0.238 e. The molecule has 0 aromatic carbocycles. The summed E-state index contributed by atoms with van der Waals surface area (Å²) in [4.78, 5) is 8.42. The van der Waals surface area contributed by atoms with Crippen LogP contribution in [0.2, 0.25) is 0 Å². The molecule has 6 nitrogen and oxygen atoms in total. The molecular formula is C12H10N4O2S. The van der Waals surface area contributed by atoms with Crippen LogP contribution in [0.15, 0.2) is 50.7 Å². The lowest BCUT2D eigenvalue weighted by Gasteiger charge is -1.97. The van der Waals surface area contributed by atoms with Gasteiger partial charge in [-0.05, 0) is 24.3 Å². The number of furan rings is 1. The monoisotopic (exact) mass is 274 g/mol. The van der Waals surface area contributed by atoms with Gasteiger partial charge in [0.15, 0.2) is 5.76 Å². The molecule has 0 aliphatic carbocycles. The fourth-order valence-electron chi connectivity index (χ4n) is 1.43. The van der Waals surface area contributed by atoms with Gasteiger partial charge < -0.3 is 14.7 Å². The molecule has 3 heterocycles. The quantitative estimate of drug-likeness (QED) is 0.731. The number of hydrogen-bond acceptors (Lipinski definition) is 7. The summed E-state index contributed by atoms with van der Waals surface area (Å²) in [5.74, 6) is 2.11. The van der Waals surface area contributed by atoms with Gasteiger partial charge in [0.25, 0.3) is 0 Å². The van der Waals surface area contributed by atoms with Gasteiger partial charge in [-0.2, -0.15) is 4.98 Å². The van der Waals surface area contributed by atoms with Crippen LogP contribution in [0.4, 0.5) is 5.69 Å². The van der Waals surface area contributed by atoms with Crippen molar-refractivity contribution in [2.45, 2.75) is 10.8 Å². The fourth-order valence-corrected chi connectivity index (χ4v) is 2.11. The second-order valence-electron chi connectivity index (χ2n) is 3.71. The molecule has 0 spiro atoms. The minimum atomic E-state index is 0.450. The van der Waals surface area contributed by atoms with E-state index in [2.05, 4.69) is 15.1 Å². The Morgan fingerprint density at radius 2 is 2.21 bits per heavy atom. The molecule has 0 amide bonds. The van der Waals surface area contributed by atoms with E-state index >= 15 is 0 Å². The number of anilines is 1. The molecule has 96 valence electrons. The van der Waals surface area contributed by atoms with Crippen molar-refractivity contribution in [1.29, 1.82) is 0 Å². The average Bonchev–Trinajstić information content (AvgIpc) is 3.09. The highest BCUT2D eigenvalue weighted by Gasteiger charge is 2.11. The highest BCUT2D eigenvalue weighted by molar-refractivity contribution is 7.98. The van der Waals surface area contributed by atoms with Crippen molar-refractivity contribution < 1.29 is 8.94 Å². The van der Waals surface area contributed by atoms with Gasteiger partial charge in [-0.1, -0.05) is 16.9 Å². The Bertz CT molecular complexity index is 649. The molecule has 19 heavy (non-hydrogen) atoms. The Kier molecular flexibility index (Phi) is 3.20. The molecule has 3 aromatic heterocycles. The molecule has 0 unspecified atom stereocenters. The first-order chi connectivity index (χ1) is 9.31. The van der Waals surface area contributed by atoms with Gasteiger partial charge in [-0.3, -0.25) is 0 Å². The maximum Gasteiger partial charge on any atom is 0.238 e. The van der Waals surface area contributed by atoms with Crippen molar-refractivity contribution in [3.63, 3.8) is 0 Å². The first-order valence-corrected chi connectivity index (χ1v) is 6.50. The van der Waals surface area contributed by atoms with E-state index in [0.29, 0.717) is 28.9 Å². The summed E-state index contributed by atoms with van der Waals surface area (Å²) in [5, 5.41) is 4.71. The predicted molar refractivity (Wildman–Crippen MR) is 70.2 cm³/mol. The largest absolute Gasteiger partial charge is 0.461 e. The molecule has 0 saturated heterocycles. The van der Waals surface area contributed by atoms with Crippen molar-refractivity contribution in [2.24, 2.45) is 0 Å². The standard InChI is InChI=1S/C12H10N4O2S/c13-8-3-4-11(14-6-8)19-7-10-15-12(16-18-10)9-2-1-5-17-9/h1-6H,7,13H2. The lowest BCUT2D eigenvalue weighted by atomic mass is 10.4. The molecule has 0 atom stereocenters. The maximum absolute atomic E-state index is 5.57. The second kappa shape index (κ2) is 5.15. The Hall–Kier alpha value is -2.28. The third-order valence-corrected chi connectivity index (χ3v) is 3.24. The molecule has 2 N–H and O–H groups in total. The lowest BCUT2D eigenvalue weighted by Crippen LogP contribution is -1.87. The molecule has 3 aromatic rings. The van der Waals surface area contributed by atoms with Crippen molar-refractivity contribution in [1.82, 2.24) is 15.1 Å². The zero-order valence-electron chi connectivity index (χ0n) is 9.81. The molecule has 0 saturated carbocycles. The fraction of sp³-hybridized carbons (Fsp3) is 0.0833. The molecule has 7 heteroatoms. The first-order valence-electron chi connectivity index (χ1n) is 5.52. The van der Waals surface area contributed by atoms with Gasteiger partial charge >= 0.3 is 0 Å². The molecule has 0 bridgehead atoms. The normalized spacial score (nSPS) is 10.7. The number of nitrogens with two attached hydrogens (primary N) is 1. The highest BCUT2D eigenvalue weighted by Crippen LogP contribution is 2.22. The summed E-state index contributed by atoms with van der Waals surface area (Å²) >= 11 is 1.50. The molecule has 3 rings (SSSR count). The minimum Gasteiger partial charge on any atom is -0.461 e. The van der Waals surface area contributed by atoms with Gasteiger partial charge in [-0.25, -0.2) is 4.98 Å². The van der Waals surface area contributed by atoms with Crippen LogP contribution >= 0.6 is 11.8 Å². The van der Waals surface area contributed by atoms with Crippen molar-refractivity contribution in [3.05, 3.63) is 42.6 Å². The summed E-state index contributed by atoms with van der Waals surface area (Å²) < 4.78 is 10.3. The van der Waals surface area contributed by atoms with Crippen LogP contribution in [-0.2, 0) is 5.75 Å². The summed E-state index contributed by atoms with van der Waals surface area (Å²) in [5.41, 5.74) is 6.21. The van der Waals surface area contributed by atoms with E-state index in [1.807, 2.05) is 6.07 Å². The molecule has 0 aliphatic rings. The number of nitrogens with zero attached hydrogens (tertiary/aromatic N) is 3. The van der Waals surface area contributed by atoms with Gasteiger partial charge in [0.1, 0.15) is 0 Å². The van der Waals surface area contributed by atoms with Crippen LogP contribution in [0, 0.1) is 0 Å². The zero-order valence-corrected chi connectivity index (χ0v) is 10.6. The Labute approximate surface area is 113 Å². The van der Waals surface area contributed by atoms with E-state index < -0.39 is 0 Å². The summed E-state index contributed by atoms with van der Waals surface area (Å²) in [6.45, 7) is 0. The van der Waals surface area contributed by atoms with E-state index in [4.69, 9.17) is 14.7 Å². The first kappa shape index (κ1) is 11.8. The Balaban J connectivity index is 1.66. The number of nitrogen functional groups attached to an aromatic ring is 1. The zero-order chi connectivity index (χ0) is 13.1. The number of hydrogen-bond donors (Lipinski definition) is 1. The van der Waals surface area contributed by atoms with Crippen molar-refractivity contribution >= 4 is 17.4 Å². The number of rotatable bonds is 4. The van der Waals surface area contributed by atoms with Gasteiger partial charge in [0.2, 0.25) is 11.7 Å². The Morgan fingerprint density at radius 1 is 1.26 bits per heavy atom. The SMILES string of the molecule is Nc1ccc(SCc2nc(-c3ccco3)no2)nc1. The van der Waals surface area contributed by atoms with Crippen molar-refractivity contribution in [3.8, 4) is 11.6 Å². The topological polar surface area (TPSA) is 91.0 Å². The van der Waals surface area contributed by atoms with E-state index in [9.17, 15) is 0 Å². The van der Waals surface area contributed by atoms with Crippen molar-refractivity contribution in [2.75, 3.05) is 5.73 Å². The maximum atomic E-state index is 5.57. The van der Waals surface area contributed by atoms with E-state index in [1.165, 1.54) is 11.8 Å². The number of thioether (sulfide) groups is 1. The van der Waals surface area contributed by atoms with E-state index in [-0.39, 0.29) is 0 Å². The summed E-state index contributed by atoms with van der Waals surface area (Å²) in [6, 6.07) is 7.21. The highest BCUT2D eigenvalue weighted by atomic mass is 32.2. The van der Waals surface area contributed by atoms with E-state index in [1.54, 1.807) is 30.7 Å². The third-order valence-electron chi connectivity index (χ3n) is 2.31. The predicted octanol–water partition coefficient (Wildman–Crippen LogP) is 2.60. The van der Waals surface area contributed by atoms with Crippen LogP contribution in [0.3, 0.4) is 0 Å². The van der Waals surface area contributed by atoms with Gasteiger partial charge in [0.05, 0.1) is 28.9 Å².